The Labute approximate surface area is 150 Å². The first-order valence-corrected chi connectivity index (χ1v) is 8.58. The highest BCUT2D eigenvalue weighted by Crippen LogP contribution is 2.29. The number of benzene rings is 1. The topological polar surface area (TPSA) is 110 Å². The molecule has 0 aromatic heterocycles. The number of piperidine rings is 1. The van der Waals surface area contributed by atoms with Crippen LogP contribution in [0.25, 0.3) is 0 Å². The molecule has 0 aliphatic carbocycles. The van der Waals surface area contributed by atoms with Crippen molar-refractivity contribution in [2.75, 3.05) is 6.54 Å². The largest absolute Gasteiger partial charge is 0.330 e. The molecule has 7 nitrogen and oxygen atoms in total. The lowest BCUT2D eigenvalue weighted by Crippen LogP contribution is -2.54. The molecular weight excluding hydrogens is 334 g/mol. The molecule has 1 aromatic carbocycles. The second kappa shape index (κ2) is 7.50. The fraction of sp³-hybridized carbons (Fsp3) is 0.368. The monoisotopic (exact) mass is 353 g/mol. The van der Waals surface area contributed by atoms with Crippen molar-refractivity contribution in [1.29, 1.82) is 0 Å². The van der Waals surface area contributed by atoms with Crippen LogP contribution >= 0.6 is 0 Å². The van der Waals surface area contributed by atoms with Crippen molar-refractivity contribution in [2.45, 2.75) is 38.1 Å². The SMILES string of the molecule is NCCCCC#Cc1cccc2c1C(=O)N(C1CCC(=O)NC1=O)C2=O. The summed E-state index contributed by atoms with van der Waals surface area (Å²) in [5, 5.41) is 2.18. The zero-order valence-corrected chi connectivity index (χ0v) is 14.2. The number of fused-ring (bicyclic) bond motifs is 1. The Kier molecular flexibility index (Phi) is 5.14. The van der Waals surface area contributed by atoms with E-state index in [1.807, 2.05) is 0 Å². The summed E-state index contributed by atoms with van der Waals surface area (Å²) in [6.45, 7) is 0.607. The molecule has 134 valence electrons. The van der Waals surface area contributed by atoms with Gasteiger partial charge in [-0.25, -0.2) is 0 Å². The van der Waals surface area contributed by atoms with Gasteiger partial charge in [-0.15, -0.1) is 0 Å². The van der Waals surface area contributed by atoms with Crippen molar-refractivity contribution in [3.05, 3.63) is 34.9 Å². The zero-order valence-electron chi connectivity index (χ0n) is 14.2. The molecule has 2 aliphatic rings. The van der Waals surface area contributed by atoms with E-state index < -0.39 is 29.7 Å². The number of nitrogens with two attached hydrogens (primary N) is 1. The predicted octanol–water partition coefficient (Wildman–Crippen LogP) is 0.568. The Hall–Kier alpha value is -2.98. The van der Waals surface area contributed by atoms with Crippen LogP contribution in [0, 0.1) is 11.8 Å². The minimum atomic E-state index is -0.967. The van der Waals surface area contributed by atoms with Gasteiger partial charge in [0, 0.05) is 18.4 Å². The number of hydrogen-bond donors (Lipinski definition) is 2. The van der Waals surface area contributed by atoms with Gasteiger partial charge in [-0.1, -0.05) is 17.9 Å². The number of carbonyl (C=O) groups excluding carboxylic acids is 4. The van der Waals surface area contributed by atoms with E-state index in [0.717, 1.165) is 17.7 Å². The minimum absolute atomic E-state index is 0.0949. The van der Waals surface area contributed by atoms with Gasteiger partial charge in [0.15, 0.2) is 0 Å². The summed E-state index contributed by atoms with van der Waals surface area (Å²) in [4.78, 5) is 49.9. The summed E-state index contributed by atoms with van der Waals surface area (Å²) in [5.41, 5.74) is 6.39. The van der Waals surface area contributed by atoms with E-state index in [2.05, 4.69) is 17.2 Å². The van der Waals surface area contributed by atoms with Crippen molar-refractivity contribution < 1.29 is 19.2 Å². The number of hydrogen-bond acceptors (Lipinski definition) is 5. The van der Waals surface area contributed by atoms with Crippen molar-refractivity contribution in [3.63, 3.8) is 0 Å². The molecule has 1 fully saturated rings. The average molecular weight is 353 g/mol. The molecule has 0 spiro atoms. The molecule has 2 aliphatic heterocycles. The Morgan fingerprint density at radius 3 is 2.69 bits per heavy atom. The number of imide groups is 2. The van der Waals surface area contributed by atoms with Crippen LogP contribution in [0.1, 0.15) is 58.4 Å². The lowest BCUT2D eigenvalue weighted by Gasteiger charge is -2.27. The third-order valence-electron chi connectivity index (χ3n) is 4.45. The van der Waals surface area contributed by atoms with Crippen LogP contribution in [0.15, 0.2) is 18.2 Å². The van der Waals surface area contributed by atoms with E-state index in [9.17, 15) is 19.2 Å². The maximum atomic E-state index is 12.8. The second-order valence-electron chi connectivity index (χ2n) is 6.22. The summed E-state index contributed by atoms with van der Waals surface area (Å²) in [7, 11) is 0. The highest BCUT2D eigenvalue weighted by atomic mass is 16.2. The van der Waals surface area contributed by atoms with Crippen molar-refractivity contribution in [1.82, 2.24) is 10.2 Å². The van der Waals surface area contributed by atoms with Gasteiger partial charge < -0.3 is 5.73 Å². The van der Waals surface area contributed by atoms with Gasteiger partial charge in [-0.2, -0.15) is 0 Å². The minimum Gasteiger partial charge on any atom is -0.330 e. The maximum Gasteiger partial charge on any atom is 0.263 e. The summed E-state index contributed by atoms with van der Waals surface area (Å²) >= 11 is 0. The fourth-order valence-electron chi connectivity index (χ4n) is 3.13. The summed E-state index contributed by atoms with van der Waals surface area (Å²) in [6.07, 6.45) is 2.63. The standard InChI is InChI=1S/C19H19N3O4/c20-11-4-2-1-3-6-12-7-5-8-13-16(12)19(26)22(18(13)25)14-9-10-15(23)21-17(14)24/h5,7-8,14H,1-2,4,9-11,20H2,(H,21,23,24). The third kappa shape index (κ3) is 3.24. The van der Waals surface area contributed by atoms with E-state index in [-0.39, 0.29) is 24.0 Å². The Balaban J connectivity index is 1.87. The maximum absolute atomic E-state index is 12.8. The fourth-order valence-corrected chi connectivity index (χ4v) is 3.13. The number of unbranched alkanes of at least 4 members (excludes halogenated alkanes) is 2. The molecule has 0 bridgehead atoms. The molecule has 1 saturated heterocycles. The van der Waals surface area contributed by atoms with E-state index in [1.54, 1.807) is 18.2 Å². The van der Waals surface area contributed by atoms with Gasteiger partial charge in [0.05, 0.1) is 11.1 Å². The van der Waals surface area contributed by atoms with Crippen LogP contribution in [-0.4, -0.2) is 41.1 Å². The van der Waals surface area contributed by atoms with Gasteiger partial charge in [0.25, 0.3) is 11.8 Å². The third-order valence-corrected chi connectivity index (χ3v) is 4.45. The number of amides is 4. The lowest BCUT2D eigenvalue weighted by atomic mass is 10.0. The zero-order chi connectivity index (χ0) is 18.7. The molecule has 3 N–H and O–H groups in total. The molecule has 4 amide bonds. The number of rotatable bonds is 4. The van der Waals surface area contributed by atoms with Crippen LogP contribution < -0.4 is 11.1 Å². The molecule has 0 saturated carbocycles. The van der Waals surface area contributed by atoms with E-state index in [0.29, 0.717) is 18.5 Å². The van der Waals surface area contributed by atoms with Gasteiger partial charge >= 0.3 is 0 Å². The Morgan fingerprint density at radius 2 is 1.96 bits per heavy atom. The number of nitrogens with zero attached hydrogens (tertiary/aromatic N) is 1. The molecule has 2 heterocycles. The molecular formula is C19H19N3O4. The molecule has 3 rings (SSSR count). The van der Waals surface area contributed by atoms with Gasteiger partial charge in [0.2, 0.25) is 11.8 Å². The van der Waals surface area contributed by atoms with Crippen LogP contribution in [-0.2, 0) is 9.59 Å². The second-order valence-corrected chi connectivity index (χ2v) is 6.22. The molecule has 1 atom stereocenters. The van der Waals surface area contributed by atoms with Gasteiger partial charge in [-0.3, -0.25) is 29.4 Å². The first-order valence-electron chi connectivity index (χ1n) is 8.58. The summed E-state index contributed by atoms with van der Waals surface area (Å²) < 4.78 is 0. The average Bonchev–Trinajstić information content (AvgIpc) is 2.87. The smallest absolute Gasteiger partial charge is 0.263 e. The number of nitrogens with one attached hydrogen (secondary N) is 1. The first-order chi connectivity index (χ1) is 12.5. The van der Waals surface area contributed by atoms with Crippen molar-refractivity contribution in [2.24, 2.45) is 5.73 Å². The quantitative estimate of drug-likeness (QED) is 0.467. The summed E-state index contributed by atoms with van der Waals surface area (Å²) in [6, 6.07) is 3.95. The number of carbonyl (C=O) groups is 4. The highest BCUT2D eigenvalue weighted by molar-refractivity contribution is 6.24. The highest BCUT2D eigenvalue weighted by Gasteiger charge is 2.45. The predicted molar refractivity (Wildman–Crippen MR) is 92.9 cm³/mol. The summed E-state index contributed by atoms with van der Waals surface area (Å²) in [5.74, 6) is 3.88. The van der Waals surface area contributed by atoms with Crippen molar-refractivity contribution in [3.8, 4) is 11.8 Å². The van der Waals surface area contributed by atoms with Crippen molar-refractivity contribution >= 4 is 23.6 Å². The lowest BCUT2D eigenvalue weighted by molar-refractivity contribution is -0.136. The van der Waals surface area contributed by atoms with Crippen LogP contribution in [0.5, 0.6) is 0 Å². The van der Waals surface area contributed by atoms with Gasteiger partial charge in [-0.05, 0) is 37.9 Å². The van der Waals surface area contributed by atoms with Gasteiger partial charge in [0.1, 0.15) is 6.04 Å². The molecule has 0 radical (unpaired) electrons. The van der Waals surface area contributed by atoms with Crippen LogP contribution in [0.3, 0.4) is 0 Å². The van der Waals surface area contributed by atoms with E-state index in [4.69, 9.17) is 5.73 Å². The molecule has 7 heteroatoms. The first kappa shape index (κ1) is 17.8. The van der Waals surface area contributed by atoms with E-state index in [1.165, 1.54) is 0 Å². The Bertz CT molecular complexity index is 850. The normalized spacial score (nSPS) is 19.1. The Morgan fingerprint density at radius 1 is 1.15 bits per heavy atom. The molecule has 1 unspecified atom stereocenters. The van der Waals surface area contributed by atoms with E-state index >= 15 is 0 Å². The van der Waals surface area contributed by atoms with Crippen LogP contribution in [0.2, 0.25) is 0 Å². The molecule has 26 heavy (non-hydrogen) atoms. The molecule has 1 aromatic rings. The van der Waals surface area contributed by atoms with Crippen LogP contribution in [0.4, 0.5) is 0 Å².